The maximum Gasteiger partial charge on any atom is 0.300 e. The van der Waals surface area contributed by atoms with Gasteiger partial charge in [-0.05, 0) is 35.0 Å². The lowest BCUT2D eigenvalue weighted by Crippen LogP contribution is -2.00. The number of phenolic OH excluding ortho intramolecular Hbond substituents is 2. The highest BCUT2D eigenvalue weighted by Gasteiger charge is 2.25. The highest BCUT2D eigenvalue weighted by Crippen LogP contribution is 2.43. The van der Waals surface area contributed by atoms with Crippen LogP contribution in [0.1, 0.15) is 0 Å². The van der Waals surface area contributed by atoms with Gasteiger partial charge in [0.1, 0.15) is 22.0 Å². The Morgan fingerprint density at radius 2 is 1.54 bits per heavy atom. The number of nitrogens with zero attached hydrogens (tertiary/aromatic N) is 3. The number of fused-ring (bicyclic) bond motifs is 2. The molecule has 4 N–H and O–H groups in total. The number of hydrogen-bond acceptors (Lipinski definition) is 10. The van der Waals surface area contributed by atoms with Gasteiger partial charge in [0.25, 0.3) is 25.9 Å². The van der Waals surface area contributed by atoms with Gasteiger partial charge in [-0.2, -0.15) is 16.8 Å². The molecular weight excluding hydrogens is 506 g/mol. The molecule has 0 heterocycles. The Balaban J connectivity index is 2.00. The van der Waals surface area contributed by atoms with Crippen LogP contribution in [0.15, 0.2) is 74.6 Å². The largest absolute Gasteiger partial charge is 0.506 e. The monoisotopic (exact) mass is 519 g/mol. The topological polar surface area (TPSA) is 217 Å². The Hall–Kier alpha value is -4.18. The van der Waals surface area contributed by atoms with E-state index in [1.54, 1.807) is 0 Å². The summed E-state index contributed by atoms with van der Waals surface area (Å²) in [6.07, 6.45) is 0. The molecule has 0 aliphatic carbocycles. The first-order valence-corrected chi connectivity index (χ1v) is 12.2. The predicted molar refractivity (Wildman–Crippen MR) is 122 cm³/mol. The van der Waals surface area contributed by atoms with Gasteiger partial charge in [-0.1, -0.05) is 18.2 Å². The van der Waals surface area contributed by atoms with Gasteiger partial charge in [0.05, 0.1) is 4.92 Å². The number of benzene rings is 4. The summed E-state index contributed by atoms with van der Waals surface area (Å²) >= 11 is 0. The van der Waals surface area contributed by atoms with Crippen LogP contribution in [-0.2, 0) is 20.2 Å². The van der Waals surface area contributed by atoms with Gasteiger partial charge in [-0.3, -0.25) is 19.2 Å². The zero-order valence-corrected chi connectivity index (χ0v) is 18.7. The summed E-state index contributed by atoms with van der Waals surface area (Å²) in [4.78, 5) is 8.70. The molecule has 0 atom stereocenters. The Kier molecular flexibility index (Phi) is 5.64. The minimum absolute atomic E-state index is 0.00514. The van der Waals surface area contributed by atoms with E-state index in [0.717, 1.165) is 30.3 Å². The maximum atomic E-state index is 11.9. The third-order valence-electron chi connectivity index (χ3n) is 4.99. The van der Waals surface area contributed by atoms with Crippen LogP contribution in [-0.4, -0.2) is 41.1 Å². The van der Waals surface area contributed by atoms with Gasteiger partial charge in [0.2, 0.25) is 0 Å². The third-order valence-corrected chi connectivity index (χ3v) is 6.81. The van der Waals surface area contributed by atoms with Crippen molar-refractivity contribution in [3.05, 3.63) is 64.7 Å². The van der Waals surface area contributed by atoms with E-state index in [1.807, 2.05) is 0 Å². The first-order valence-electron chi connectivity index (χ1n) is 9.34. The second kappa shape index (κ2) is 8.24. The molecule has 0 aromatic heterocycles. The first kappa shape index (κ1) is 24.0. The van der Waals surface area contributed by atoms with E-state index >= 15 is 0 Å². The minimum atomic E-state index is -5.07. The summed E-state index contributed by atoms with van der Waals surface area (Å²) in [5.74, 6) is -1.68. The Bertz CT molecular complexity index is 1800. The molecule has 0 unspecified atom stereocenters. The van der Waals surface area contributed by atoms with Crippen molar-refractivity contribution in [3.63, 3.8) is 0 Å². The van der Waals surface area contributed by atoms with Crippen LogP contribution >= 0.6 is 0 Å². The van der Waals surface area contributed by atoms with Crippen molar-refractivity contribution in [2.75, 3.05) is 0 Å². The van der Waals surface area contributed by atoms with E-state index in [4.69, 9.17) is 0 Å². The zero-order chi connectivity index (χ0) is 25.7. The van der Waals surface area contributed by atoms with Crippen LogP contribution in [0, 0.1) is 10.1 Å². The average molecular weight is 519 g/mol. The summed E-state index contributed by atoms with van der Waals surface area (Å²) in [6.45, 7) is 0. The summed E-state index contributed by atoms with van der Waals surface area (Å²) in [6, 6.07) is 10.5. The second-order valence-electron chi connectivity index (χ2n) is 7.17. The van der Waals surface area contributed by atoms with E-state index in [2.05, 4.69) is 10.2 Å². The van der Waals surface area contributed by atoms with Crippen LogP contribution in [0.2, 0.25) is 0 Å². The highest BCUT2D eigenvalue weighted by atomic mass is 32.2. The SMILES string of the molecule is O=[N+]([O-])c1ccc2c(N=Nc3ccc4cccc(S(=O)(=O)O)c4c3O)c(S(=O)(=O)O)c(O)cc2c1. The molecule has 4 rings (SSSR count). The van der Waals surface area contributed by atoms with Crippen molar-refractivity contribution in [1.82, 2.24) is 0 Å². The van der Waals surface area contributed by atoms with E-state index in [-0.39, 0.29) is 32.9 Å². The van der Waals surface area contributed by atoms with Crippen LogP contribution in [0.4, 0.5) is 17.1 Å². The molecule has 0 amide bonds. The van der Waals surface area contributed by atoms with Gasteiger partial charge < -0.3 is 10.2 Å². The third kappa shape index (κ3) is 4.35. The molecule has 35 heavy (non-hydrogen) atoms. The summed E-state index contributed by atoms with van der Waals surface area (Å²) in [5.41, 5.74) is -1.32. The number of nitro groups is 1. The molecule has 0 bridgehead atoms. The van der Waals surface area contributed by atoms with Gasteiger partial charge in [0.15, 0.2) is 10.6 Å². The lowest BCUT2D eigenvalue weighted by Gasteiger charge is -2.10. The van der Waals surface area contributed by atoms with Crippen molar-refractivity contribution < 1.29 is 41.1 Å². The Morgan fingerprint density at radius 1 is 0.829 bits per heavy atom. The minimum Gasteiger partial charge on any atom is -0.506 e. The average Bonchev–Trinajstić information content (AvgIpc) is 2.75. The molecule has 0 aliphatic rings. The fourth-order valence-electron chi connectivity index (χ4n) is 3.52. The molecule has 0 aliphatic heterocycles. The second-order valence-corrected chi connectivity index (χ2v) is 9.92. The molecule has 0 fully saturated rings. The van der Waals surface area contributed by atoms with E-state index in [1.165, 1.54) is 24.3 Å². The molecule has 4 aromatic rings. The van der Waals surface area contributed by atoms with Crippen LogP contribution < -0.4 is 0 Å². The van der Waals surface area contributed by atoms with Gasteiger partial charge in [0, 0.05) is 22.9 Å². The number of non-ortho nitro benzene ring substituents is 1. The molecule has 0 spiro atoms. The Morgan fingerprint density at radius 3 is 2.17 bits per heavy atom. The standard InChI is InChI=1S/C20H13N3O10S2/c24-15-9-11-8-12(23(26)27)5-6-13(11)18(20(15)35(31,32)33)22-21-14-7-4-10-2-1-3-16(34(28,29)30)17(10)19(14)25/h1-9,24-25H,(H,28,29,30)(H,31,32,33). The van der Waals surface area contributed by atoms with E-state index in [9.17, 15) is 46.3 Å². The van der Waals surface area contributed by atoms with Gasteiger partial charge in [-0.25, -0.2) is 0 Å². The Labute approximate surface area is 196 Å². The van der Waals surface area contributed by atoms with Crippen LogP contribution in [0.5, 0.6) is 11.5 Å². The molecule has 0 radical (unpaired) electrons. The number of hydrogen-bond donors (Lipinski definition) is 4. The molecule has 0 saturated carbocycles. The quantitative estimate of drug-likeness (QED) is 0.127. The van der Waals surface area contributed by atoms with Crippen molar-refractivity contribution in [2.24, 2.45) is 10.2 Å². The van der Waals surface area contributed by atoms with E-state index < -0.39 is 52.1 Å². The lowest BCUT2D eigenvalue weighted by molar-refractivity contribution is -0.384. The van der Waals surface area contributed by atoms with E-state index in [0.29, 0.717) is 0 Å². The predicted octanol–water partition coefficient (Wildman–Crippen LogP) is 4.22. The van der Waals surface area contributed by atoms with Crippen molar-refractivity contribution in [2.45, 2.75) is 9.79 Å². The zero-order valence-electron chi connectivity index (χ0n) is 17.1. The summed E-state index contributed by atoms with van der Waals surface area (Å²) in [7, 11) is -9.81. The molecule has 180 valence electrons. The number of rotatable bonds is 5. The molecule has 0 saturated heterocycles. The number of azo groups is 1. The van der Waals surface area contributed by atoms with Gasteiger partial charge in [-0.15, -0.1) is 10.2 Å². The molecule has 15 heteroatoms. The molecule has 13 nitrogen and oxygen atoms in total. The smallest absolute Gasteiger partial charge is 0.300 e. The van der Waals surface area contributed by atoms with Crippen LogP contribution in [0.3, 0.4) is 0 Å². The lowest BCUT2D eigenvalue weighted by atomic mass is 10.1. The summed E-state index contributed by atoms with van der Waals surface area (Å²) in [5, 5.41) is 39.3. The first-order chi connectivity index (χ1) is 16.3. The number of aromatic hydroxyl groups is 2. The fourth-order valence-corrected chi connectivity index (χ4v) is 4.97. The number of phenols is 2. The van der Waals surface area contributed by atoms with Crippen LogP contribution in [0.25, 0.3) is 21.5 Å². The fraction of sp³-hybridized carbons (Fsp3) is 0. The van der Waals surface area contributed by atoms with Crippen molar-refractivity contribution in [3.8, 4) is 11.5 Å². The molecular formula is C20H13N3O10S2. The van der Waals surface area contributed by atoms with Gasteiger partial charge >= 0.3 is 0 Å². The van der Waals surface area contributed by atoms with Crippen molar-refractivity contribution >= 4 is 58.8 Å². The maximum absolute atomic E-state index is 11.9. The highest BCUT2D eigenvalue weighted by molar-refractivity contribution is 7.86. The number of nitro benzene ring substituents is 1. The van der Waals surface area contributed by atoms with Crippen molar-refractivity contribution in [1.29, 1.82) is 0 Å². The summed E-state index contributed by atoms with van der Waals surface area (Å²) < 4.78 is 66.4. The normalized spacial score (nSPS) is 12.5. The molecule has 4 aromatic carbocycles.